The van der Waals surface area contributed by atoms with Crippen LogP contribution in [0.2, 0.25) is 0 Å². The highest BCUT2D eigenvalue weighted by Gasteiger charge is 2.12. The summed E-state index contributed by atoms with van der Waals surface area (Å²) in [5.41, 5.74) is 2.21. The van der Waals surface area contributed by atoms with Crippen molar-refractivity contribution in [1.82, 2.24) is 14.7 Å². The summed E-state index contributed by atoms with van der Waals surface area (Å²) in [6.45, 7) is 3.92. The van der Waals surface area contributed by atoms with Crippen LogP contribution < -0.4 is 10.2 Å². The quantitative estimate of drug-likeness (QED) is 0.844. The average Bonchev–Trinajstić information content (AvgIpc) is 2.65. The number of aromatic nitrogens is 2. The van der Waals surface area contributed by atoms with Crippen LogP contribution in [0.15, 0.2) is 24.4 Å². The van der Waals surface area contributed by atoms with E-state index in [1.807, 2.05) is 32.3 Å². The molecule has 0 atom stereocenters. The van der Waals surface area contributed by atoms with E-state index in [1.54, 1.807) is 0 Å². The molecule has 1 N–H and O–H groups in total. The van der Waals surface area contributed by atoms with Crippen molar-refractivity contribution in [3.8, 4) is 0 Å². The molecule has 0 aliphatic carbocycles. The van der Waals surface area contributed by atoms with Crippen molar-refractivity contribution < 1.29 is 0 Å². The highest BCUT2D eigenvalue weighted by atomic mass is 15.2. The molecule has 0 amide bonds. The predicted molar refractivity (Wildman–Crippen MR) is 66.9 cm³/mol. The molecule has 2 aromatic heterocycles. The van der Waals surface area contributed by atoms with E-state index in [4.69, 9.17) is 0 Å². The van der Waals surface area contributed by atoms with Crippen LogP contribution in [0, 0.1) is 0 Å². The van der Waals surface area contributed by atoms with Gasteiger partial charge in [-0.3, -0.25) is 0 Å². The molecule has 4 heteroatoms. The Bertz CT molecular complexity index is 473. The van der Waals surface area contributed by atoms with Gasteiger partial charge in [-0.15, -0.1) is 0 Å². The molecule has 0 unspecified atom stereocenters. The summed E-state index contributed by atoms with van der Waals surface area (Å²) in [7, 11) is 4.05. The fraction of sp³-hybridized carbons (Fsp3) is 0.417. The highest BCUT2D eigenvalue weighted by Crippen LogP contribution is 2.19. The van der Waals surface area contributed by atoms with Crippen LogP contribution in [-0.4, -0.2) is 30.0 Å². The summed E-state index contributed by atoms with van der Waals surface area (Å²) in [4.78, 5) is 6.67. The maximum absolute atomic E-state index is 4.61. The molecule has 0 aromatic carbocycles. The fourth-order valence-electron chi connectivity index (χ4n) is 1.80. The molecule has 0 fully saturated rings. The molecule has 0 aliphatic heterocycles. The molecule has 0 bridgehead atoms. The topological polar surface area (TPSA) is 32.6 Å². The molecule has 86 valence electrons. The number of rotatable bonds is 4. The molecule has 0 radical (unpaired) electrons. The van der Waals surface area contributed by atoms with E-state index in [1.165, 1.54) is 5.69 Å². The number of nitrogens with zero attached hydrogens (tertiary/aromatic N) is 3. The van der Waals surface area contributed by atoms with Crippen molar-refractivity contribution in [2.45, 2.75) is 13.5 Å². The Morgan fingerprint density at radius 2 is 2.19 bits per heavy atom. The minimum absolute atomic E-state index is 0.842. The van der Waals surface area contributed by atoms with E-state index in [-0.39, 0.29) is 0 Å². The van der Waals surface area contributed by atoms with Gasteiger partial charge in [0.25, 0.3) is 0 Å². The highest BCUT2D eigenvalue weighted by molar-refractivity contribution is 5.55. The number of hydrogen-bond donors (Lipinski definition) is 1. The zero-order chi connectivity index (χ0) is 11.5. The number of fused-ring (bicyclic) bond motifs is 1. The van der Waals surface area contributed by atoms with Crippen molar-refractivity contribution in [1.29, 1.82) is 0 Å². The van der Waals surface area contributed by atoms with Gasteiger partial charge >= 0.3 is 0 Å². The van der Waals surface area contributed by atoms with Gasteiger partial charge < -0.3 is 14.6 Å². The maximum Gasteiger partial charge on any atom is 0.151 e. The van der Waals surface area contributed by atoms with Crippen LogP contribution in [0.1, 0.15) is 12.6 Å². The summed E-state index contributed by atoms with van der Waals surface area (Å²) in [6.07, 6.45) is 2.06. The van der Waals surface area contributed by atoms with Crippen molar-refractivity contribution >= 4 is 11.5 Å². The Kier molecular flexibility index (Phi) is 3.10. The van der Waals surface area contributed by atoms with Gasteiger partial charge in [0, 0.05) is 26.8 Å². The lowest BCUT2D eigenvalue weighted by atomic mass is 10.4. The van der Waals surface area contributed by atoms with Crippen molar-refractivity contribution in [2.24, 2.45) is 0 Å². The molecule has 2 heterocycles. The van der Waals surface area contributed by atoms with Gasteiger partial charge in [-0.05, 0) is 18.7 Å². The van der Waals surface area contributed by atoms with Gasteiger partial charge in [-0.1, -0.05) is 13.0 Å². The zero-order valence-electron chi connectivity index (χ0n) is 10.1. The number of nitrogens with one attached hydrogen (secondary N) is 1. The van der Waals surface area contributed by atoms with Crippen LogP contribution in [0.3, 0.4) is 0 Å². The Labute approximate surface area is 95.9 Å². The van der Waals surface area contributed by atoms with E-state index in [9.17, 15) is 0 Å². The lowest BCUT2D eigenvalue weighted by molar-refractivity contribution is 0.704. The van der Waals surface area contributed by atoms with Crippen molar-refractivity contribution in [3.05, 3.63) is 30.1 Å². The monoisotopic (exact) mass is 218 g/mol. The van der Waals surface area contributed by atoms with Crippen LogP contribution in [-0.2, 0) is 6.54 Å². The second-order valence-electron chi connectivity index (χ2n) is 3.99. The third kappa shape index (κ3) is 1.88. The standard InChI is InChI=1S/C12H18N4/c1-4-13-9-10-12(15(2)3)14-11-7-5-6-8-16(10)11/h5-8,13H,4,9H2,1-3H3. The summed E-state index contributed by atoms with van der Waals surface area (Å²) in [5.74, 6) is 1.03. The number of pyridine rings is 1. The minimum Gasteiger partial charge on any atom is -0.361 e. The molecule has 0 spiro atoms. The lowest BCUT2D eigenvalue weighted by Crippen LogP contribution is -2.18. The van der Waals surface area contributed by atoms with Crippen LogP contribution in [0.25, 0.3) is 5.65 Å². The van der Waals surface area contributed by atoms with Gasteiger partial charge in [0.05, 0.1) is 5.69 Å². The number of hydrogen-bond acceptors (Lipinski definition) is 3. The second kappa shape index (κ2) is 4.53. The molecular formula is C12H18N4. The number of imidazole rings is 1. The third-order valence-electron chi connectivity index (χ3n) is 2.57. The van der Waals surface area contributed by atoms with E-state index < -0.39 is 0 Å². The smallest absolute Gasteiger partial charge is 0.151 e. The molecule has 2 aromatic rings. The first kappa shape index (κ1) is 11.0. The fourth-order valence-corrected chi connectivity index (χ4v) is 1.80. The van der Waals surface area contributed by atoms with Gasteiger partial charge in [-0.2, -0.15) is 0 Å². The molecule has 4 nitrogen and oxygen atoms in total. The van der Waals surface area contributed by atoms with E-state index in [2.05, 4.69) is 32.7 Å². The number of anilines is 1. The van der Waals surface area contributed by atoms with Crippen LogP contribution in [0.4, 0.5) is 5.82 Å². The summed E-state index contributed by atoms with van der Waals surface area (Å²) in [5, 5.41) is 3.35. The summed E-state index contributed by atoms with van der Waals surface area (Å²) < 4.78 is 2.14. The van der Waals surface area contributed by atoms with E-state index in [0.29, 0.717) is 0 Å². The lowest BCUT2D eigenvalue weighted by Gasteiger charge is -2.12. The van der Waals surface area contributed by atoms with Gasteiger partial charge in [0.15, 0.2) is 5.82 Å². The summed E-state index contributed by atoms with van der Waals surface area (Å²) in [6, 6.07) is 6.07. The first-order valence-corrected chi connectivity index (χ1v) is 5.58. The molecule has 0 aliphatic rings. The molecule has 2 rings (SSSR count). The molecule has 0 saturated heterocycles. The Hall–Kier alpha value is -1.55. The second-order valence-corrected chi connectivity index (χ2v) is 3.99. The maximum atomic E-state index is 4.61. The third-order valence-corrected chi connectivity index (χ3v) is 2.57. The Morgan fingerprint density at radius 3 is 2.88 bits per heavy atom. The van der Waals surface area contributed by atoms with E-state index in [0.717, 1.165) is 24.6 Å². The van der Waals surface area contributed by atoms with Crippen LogP contribution in [0.5, 0.6) is 0 Å². The average molecular weight is 218 g/mol. The SMILES string of the molecule is CCNCc1c(N(C)C)nc2ccccn12. The molecule has 16 heavy (non-hydrogen) atoms. The largest absolute Gasteiger partial charge is 0.361 e. The van der Waals surface area contributed by atoms with Crippen molar-refractivity contribution in [2.75, 3.05) is 25.5 Å². The first-order chi connectivity index (χ1) is 7.74. The van der Waals surface area contributed by atoms with Gasteiger partial charge in [0.2, 0.25) is 0 Å². The normalized spacial score (nSPS) is 10.9. The molecule has 0 saturated carbocycles. The van der Waals surface area contributed by atoms with E-state index >= 15 is 0 Å². The zero-order valence-corrected chi connectivity index (χ0v) is 10.1. The van der Waals surface area contributed by atoms with Crippen molar-refractivity contribution in [3.63, 3.8) is 0 Å². The Morgan fingerprint density at radius 1 is 1.38 bits per heavy atom. The first-order valence-electron chi connectivity index (χ1n) is 5.58. The van der Waals surface area contributed by atoms with Crippen LogP contribution >= 0.6 is 0 Å². The van der Waals surface area contributed by atoms with Gasteiger partial charge in [0.1, 0.15) is 5.65 Å². The predicted octanol–water partition coefficient (Wildman–Crippen LogP) is 1.51. The summed E-state index contributed by atoms with van der Waals surface area (Å²) >= 11 is 0. The molecular weight excluding hydrogens is 200 g/mol. The Balaban J connectivity index is 2.51. The minimum atomic E-state index is 0.842. The van der Waals surface area contributed by atoms with Gasteiger partial charge in [-0.25, -0.2) is 4.98 Å².